The molecule has 0 aliphatic carbocycles. The number of hydrogen-bond acceptors (Lipinski definition) is 5. The number of aliphatic carboxylic acids is 1. The van der Waals surface area contributed by atoms with Gasteiger partial charge in [0.1, 0.15) is 17.2 Å². The molecule has 0 aliphatic heterocycles. The zero-order chi connectivity index (χ0) is 14.0. The summed E-state index contributed by atoms with van der Waals surface area (Å²) < 4.78 is 5.41. The highest BCUT2D eigenvalue weighted by molar-refractivity contribution is 5.96. The van der Waals surface area contributed by atoms with Crippen molar-refractivity contribution in [3.8, 4) is 6.07 Å². The Balaban J connectivity index is 2.48. The topological polar surface area (TPSA) is 90.4 Å². The first kappa shape index (κ1) is 12.6. The second-order valence-electron chi connectivity index (χ2n) is 4.07. The second kappa shape index (κ2) is 4.82. The number of carbonyl (C=O) groups is 1. The fourth-order valence-corrected chi connectivity index (χ4v) is 1.54. The highest BCUT2D eigenvalue weighted by atomic mass is 16.4. The molecule has 0 fully saturated rings. The van der Waals surface area contributed by atoms with Crippen LogP contribution in [0.15, 0.2) is 28.2 Å². The van der Waals surface area contributed by atoms with Gasteiger partial charge in [0.25, 0.3) is 0 Å². The first-order chi connectivity index (χ1) is 9.01. The van der Waals surface area contributed by atoms with Crippen LogP contribution >= 0.6 is 0 Å². The third kappa shape index (κ3) is 2.55. The molecule has 1 N–H and O–H groups in total. The molecule has 0 aliphatic rings. The van der Waals surface area contributed by atoms with Crippen molar-refractivity contribution >= 4 is 28.8 Å². The molecule has 0 amide bonds. The largest absolute Gasteiger partial charge is 0.477 e. The van der Waals surface area contributed by atoms with Crippen molar-refractivity contribution in [1.29, 1.82) is 5.26 Å². The van der Waals surface area contributed by atoms with Gasteiger partial charge in [-0.25, -0.2) is 9.78 Å². The van der Waals surface area contributed by atoms with Gasteiger partial charge in [0.2, 0.25) is 5.89 Å². The lowest BCUT2D eigenvalue weighted by molar-refractivity contribution is -0.132. The molecule has 6 nitrogen and oxygen atoms in total. The summed E-state index contributed by atoms with van der Waals surface area (Å²) in [6, 6.07) is 7.03. The van der Waals surface area contributed by atoms with Crippen LogP contribution in [0.2, 0.25) is 0 Å². The number of aromatic nitrogens is 1. The normalized spacial score (nSPS) is 11.3. The van der Waals surface area contributed by atoms with Crippen molar-refractivity contribution in [3.63, 3.8) is 0 Å². The third-order valence-corrected chi connectivity index (χ3v) is 2.52. The third-order valence-electron chi connectivity index (χ3n) is 2.52. The Morgan fingerprint density at radius 1 is 1.53 bits per heavy atom. The van der Waals surface area contributed by atoms with E-state index in [0.717, 1.165) is 11.8 Å². The first-order valence-electron chi connectivity index (χ1n) is 5.44. The van der Waals surface area contributed by atoms with E-state index in [4.69, 9.17) is 14.8 Å². The molecule has 0 saturated heterocycles. The summed E-state index contributed by atoms with van der Waals surface area (Å²) in [6.45, 7) is 0. The van der Waals surface area contributed by atoms with Crippen LogP contribution in [0.1, 0.15) is 5.89 Å². The molecule has 0 spiro atoms. The molecular formula is C13H11N3O3. The lowest BCUT2D eigenvalue weighted by Crippen LogP contribution is -2.07. The highest BCUT2D eigenvalue weighted by Crippen LogP contribution is 2.22. The van der Waals surface area contributed by atoms with Gasteiger partial charge in [-0.15, -0.1) is 0 Å². The average Bonchev–Trinajstić information content (AvgIpc) is 2.76. The molecule has 1 aromatic heterocycles. The van der Waals surface area contributed by atoms with E-state index in [1.54, 1.807) is 18.2 Å². The zero-order valence-electron chi connectivity index (χ0n) is 10.4. The van der Waals surface area contributed by atoms with Crippen molar-refractivity contribution in [1.82, 2.24) is 4.98 Å². The molecule has 0 saturated carbocycles. The van der Waals surface area contributed by atoms with Crippen molar-refractivity contribution in [2.45, 2.75) is 0 Å². The van der Waals surface area contributed by atoms with E-state index in [-0.39, 0.29) is 5.89 Å². The summed E-state index contributed by atoms with van der Waals surface area (Å²) in [5.41, 5.74) is 1.68. The van der Waals surface area contributed by atoms with E-state index in [1.165, 1.54) is 0 Å². The number of carboxylic acid groups (broad SMARTS) is 1. The minimum atomic E-state index is -1.31. The summed E-state index contributed by atoms with van der Waals surface area (Å²) in [6.07, 6.45) is 1.11. The molecule has 0 bridgehead atoms. The van der Waals surface area contributed by atoms with Gasteiger partial charge in [0.15, 0.2) is 5.58 Å². The lowest BCUT2D eigenvalue weighted by atomic mass is 10.3. The van der Waals surface area contributed by atoms with Crippen molar-refractivity contribution in [2.24, 2.45) is 0 Å². The summed E-state index contributed by atoms with van der Waals surface area (Å²) in [5, 5.41) is 17.4. The highest BCUT2D eigenvalue weighted by Gasteiger charge is 2.10. The molecule has 1 aromatic carbocycles. The first-order valence-corrected chi connectivity index (χ1v) is 5.44. The molecule has 19 heavy (non-hydrogen) atoms. The zero-order valence-corrected chi connectivity index (χ0v) is 10.4. The van der Waals surface area contributed by atoms with Gasteiger partial charge >= 0.3 is 5.97 Å². The Morgan fingerprint density at radius 3 is 2.84 bits per heavy atom. The maximum absolute atomic E-state index is 10.7. The van der Waals surface area contributed by atoms with Crippen molar-refractivity contribution in [2.75, 3.05) is 19.0 Å². The van der Waals surface area contributed by atoms with Crippen LogP contribution in [0.25, 0.3) is 17.2 Å². The number of fused-ring (bicyclic) bond motifs is 1. The minimum Gasteiger partial charge on any atom is -0.477 e. The summed E-state index contributed by atoms with van der Waals surface area (Å²) >= 11 is 0. The molecule has 6 heteroatoms. The lowest BCUT2D eigenvalue weighted by Gasteiger charge is -2.10. The molecule has 0 unspecified atom stereocenters. The number of hydrogen-bond donors (Lipinski definition) is 1. The summed E-state index contributed by atoms with van der Waals surface area (Å²) in [5.74, 6) is -1.21. The molecule has 1 heterocycles. The molecule has 96 valence electrons. The number of benzene rings is 1. The Kier molecular flexibility index (Phi) is 3.21. The van der Waals surface area contributed by atoms with E-state index >= 15 is 0 Å². The van der Waals surface area contributed by atoms with Gasteiger partial charge in [-0.05, 0) is 12.1 Å². The summed E-state index contributed by atoms with van der Waals surface area (Å²) in [4.78, 5) is 16.7. The van der Waals surface area contributed by atoms with E-state index < -0.39 is 11.5 Å². The minimum absolute atomic E-state index is 0.102. The van der Waals surface area contributed by atoms with Crippen LogP contribution in [-0.2, 0) is 4.79 Å². The van der Waals surface area contributed by atoms with E-state index in [2.05, 4.69) is 4.98 Å². The van der Waals surface area contributed by atoms with Crippen LogP contribution in [0.4, 0.5) is 5.69 Å². The number of rotatable bonds is 3. The van der Waals surface area contributed by atoms with Gasteiger partial charge in [-0.1, -0.05) is 0 Å². The quantitative estimate of drug-likeness (QED) is 0.667. The van der Waals surface area contributed by atoms with Gasteiger partial charge in [0, 0.05) is 31.9 Å². The van der Waals surface area contributed by atoms with Crippen LogP contribution in [0, 0.1) is 11.3 Å². The molecule has 2 rings (SSSR count). The van der Waals surface area contributed by atoms with Gasteiger partial charge in [-0.3, -0.25) is 0 Å². The standard InChI is InChI=1S/C13H11N3O3/c1-16(2)9-3-4-10-11(6-9)19-12(15-10)5-8(7-14)13(17)18/h3-6H,1-2H3,(H,17,18)/b8-5+. The summed E-state index contributed by atoms with van der Waals surface area (Å²) in [7, 11) is 3.80. The second-order valence-corrected chi connectivity index (χ2v) is 4.07. The predicted octanol–water partition coefficient (Wildman–Crippen LogP) is 1.89. The van der Waals surface area contributed by atoms with Crippen LogP contribution in [0.3, 0.4) is 0 Å². The predicted molar refractivity (Wildman–Crippen MR) is 69.6 cm³/mol. The maximum Gasteiger partial charge on any atom is 0.346 e. The monoisotopic (exact) mass is 257 g/mol. The van der Waals surface area contributed by atoms with E-state index in [9.17, 15) is 4.79 Å². The number of carboxylic acids is 1. The van der Waals surface area contributed by atoms with Crippen LogP contribution in [0.5, 0.6) is 0 Å². The molecule has 0 radical (unpaired) electrons. The van der Waals surface area contributed by atoms with Crippen LogP contribution in [-0.4, -0.2) is 30.2 Å². The van der Waals surface area contributed by atoms with Gasteiger partial charge in [0.05, 0.1) is 0 Å². The van der Waals surface area contributed by atoms with E-state index in [1.807, 2.05) is 25.1 Å². The van der Waals surface area contributed by atoms with Gasteiger partial charge < -0.3 is 14.4 Å². The average molecular weight is 257 g/mol. The SMILES string of the molecule is CN(C)c1ccc2nc(/C=C(\C#N)C(=O)O)oc2c1. The van der Waals surface area contributed by atoms with Crippen LogP contribution < -0.4 is 4.90 Å². The fraction of sp³-hybridized carbons (Fsp3) is 0.154. The molecular weight excluding hydrogens is 246 g/mol. The number of nitriles is 1. The smallest absolute Gasteiger partial charge is 0.346 e. The Morgan fingerprint density at radius 2 is 2.26 bits per heavy atom. The Bertz CT molecular complexity index is 707. The fourth-order valence-electron chi connectivity index (χ4n) is 1.54. The van der Waals surface area contributed by atoms with Crippen molar-refractivity contribution in [3.05, 3.63) is 29.7 Å². The molecule has 0 atom stereocenters. The maximum atomic E-state index is 10.7. The number of oxazole rings is 1. The molecule has 2 aromatic rings. The Labute approximate surface area is 109 Å². The van der Waals surface area contributed by atoms with Gasteiger partial charge in [-0.2, -0.15) is 5.26 Å². The Hall–Kier alpha value is -2.81. The number of anilines is 1. The van der Waals surface area contributed by atoms with E-state index in [0.29, 0.717) is 11.1 Å². The number of nitrogens with zero attached hydrogens (tertiary/aromatic N) is 3. The van der Waals surface area contributed by atoms with Crippen molar-refractivity contribution < 1.29 is 14.3 Å².